The minimum absolute atomic E-state index is 0.00390. The van der Waals surface area contributed by atoms with E-state index in [1.165, 1.54) is 27.8 Å². The van der Waals surface area contributed by atoms with Crippen molar-refractivity contribution in [3.63, 3.8) is 0 Å². The molecular formula is C15H14N2O3S. The predicted octanol–water partition coefficient (Wildman–Crippen LogP) is 1.97. The van der Waals surface area contributed by atoms with Gasteiger partial charge in [-0.25, -0.2) is 9.78 Å². The third-order valence-electron chi connectivity index (χ3n) is 3.56. The van der Waals surface area contributed by atoms with Crippen LogP contribution < -0.4 is 0 Å². The molecule has 0 fully saturated rings. The molecule has 2 heterocycles. The van der Waals surface area contributed by atoms with Gasteiger partial charge in [-0.2, -0.15) is 0 Å². The molecule has 1 aromatic carbocycles. The van der Waals surface area contributed by atoms with E-state index in [-0.39, 0.29) is 18.0 Å². The molecule has 1 aromatic heterocycles. The quantitative estimate of drug-likeness (QED) is 0.941. The monoisotopic (exact) mass is 302 g/mol. The Balaban J connectivity index is 1.67. The maximum Gasteiger partial charge on any atom is 0.355 e. The number of aromatic carboxylic acids is 1. The van der Waals surface area contributed by atoms with Gasteiger partial charge >= 0.3 is 5.97 Å². The van der Waals surface area contributed by atoms with Crippen molar-refractivity contribution in [1.82, 2.24) is 9.88 Å². The second-order valence-corrected chi connectivity index (χ2v) is 5.89. The summed E-state index contributed by atoms with van der Waals surface area (Å²) in [5.41, 5.74) is 2.48. The van der Waals surface area contributed by atoms with E-state index in [1.807, 2.05) is 23.1 Å². The van der Waals surface area contributed by atoms with E-state index in [2.05, 4.69) is 11.1 Å². The average molecular weight is 302 g/mol. The highest BCUT2D eigenvalue weighted by molar-refractivity contribution is 7.09. The van der Waals surface area contributed by atoms with E-state index in [4.69, 9.17) is 5.11 Å². The van der Waals surface area contributed by atoms with Gasteiger partial charge in [0, 0.05) is 18.5 Å². The molecule has 3 rings (SSSR count). The third-order valence-corrected chi connectivity index (χ3v) is 4.41. The number of amides is 1. The van der Waals surface area contributed by atoms with Gasteiger partial charge in [-0.05, 0) is 17.5 Å². The van der Waals surface area contributed by atoms with Crippen LogP contribution in [0.5, 0.6) is 0 Å². The first-order chi connectivity index (χ1) is 10.1. The van der Waals surface area contributed by atoms with Gasteiger partial charge in [-0.3, -0.25) is 4.79 Å². The first-order valence-corrected chi connectivity index (χ1v) is 7.53. The van der Waals surface area contributed by atoms with Gasteiger partial charge in [0.05, 0.1) is 6.42 Å². The Kier molecular flexibility index (Phi) is 3.70. The van der Waals surface area contributed by atoms with Crippen molar-refractivity contribution in [2.75, 3.05) is 6.54 Å². The molecule has 0 atom stereocenters. The zero-order chi connectivity index (χ0) is 14.8. The summed E-state index contributed by atoms with van der Waals surface area (Å²) in [6.07, 6.45) is 1.03. The van der Waals surface area contributed by atoms with Gasteiger partial charge in [-0.1, -0.05) is 24.3 Å². The molecular weight excluding hydrogens is 288 g/mol. The Bertz CT molecular complexity index is 696. The number of hydrogen-bond donors (Lipinski definition) is 1. The van der Waals surface area contributed by atoms with Gasteiger partial charge in [-0.15, -0.1) is 11.3 Å². The van der Waals surface area contributed by atoms with Crippen LogP contribution >= 0.6 is 11.3 Å². The summed E-state index contributed by atoms with van der Waals surface area (Å²) in [6.45, 7) is 1.32. The molecule has 0 saturated carbocycles. The molecule has 5 nitrogen and oxygen atoms in total. The van der Waals surface area contributed by atoms with Crippen molar-refractivity contribution in [1.29, 1.82) is 0 Å². The van der Waals surface area contributed by atoms with Crippen molar-refractivity contribution in [3.8, 4) is 0 Å². The SMILES string of the molecule is O=C(O)c1csc(CC(=O)N2CCc3ccccc3C2)n1. The molecule has 1 aliphatic heterocycles. The minimum Gasteiger partial charge on any atom is -0.476 e. The lowest BCUT2D eigenvalue weighted by atomic mass is 10.00. The number of carboxylic acids is 1. The molecule has 1 aliphatic rings. The first kappa shape index (κ1) is 13.8. The number of fused-ring (bicyclic) bond motifs is 1. The Morgan fingerprint density at radius 3 is 2.76 bits per heavy atom. The molecule has 2 aromatic rings. The van der Waals surface area contributed by atoms with Crippen molar-refractivity contribution in [2.24, 2.45) is 0 Å². The number of benzene rings is 1. The molecule has 0 bridgehead atoms. The van der Waals surface area contributed by atoms with Gasteiger partial charge in [0.2, 0.25) is 5.91 Å². The lowest BCUT2D eigenvalue weighted by Gasteiger charge is -2.28. The van der Waals surface area contributed by atoms with Gasteiger partial charge in [0.1, 0.15) is 5.01 Å². The fraction of sp³-hybridized carbons (Fsp3) is 0.267. The second-order valence-electron chi connectivity index (χ2n) is 4.94. The van der Waals surface area contributed by atoms with Crippen molar-refractivity contribution in [3.05, 3.63) is 51.5 Å². The average Bonchev–Trinajstić information content (AvgIpc) is 2.95. The van der Waals surface area contributed by atoms with E-state index >= 15 is 0 Å². The number of aromatic nitrogens is 1. The predicted molar refractivity (Wildman–Crippen MR) is 78.3 cm³/mol. The molecule has 0 saturated heterocycles. The van der Waals surface area contributed by atoms with Gasteiger partial charge in [0.15, 0.2) is 5.69 Å². The minimum atomic E-state index is -1.06. The molecule has 0 radical (unpaired) electrons. The molecule has 1 N–H and O–H groups in total. The standard InChI is InChI=1S/C15H14N2O3S/c18-14(7-13-16-12(9-21-13)15(19)20)17-6-5-10-3-1-2-4-11(10)8-17/h1-4,9H,5-8H2,(H,19,20). The highest BCUT2D eigenvalue weighted by atomic mass is 32.1. The maximum atomic E-state index is 12.3. The van der Waals surface area contributed by atoms with Crippen LogP contribution in [-0.4, -0.2) is 33.4 Å². The molecule has 0 unspecified atom stereocenters. The number of hydrogen-bond acceptors (Lipinski definition) is 4. The van der Waals surface area contributed by atoms with Crippen LogP contribution in [0.1, 0.15) is 26.6 Å². The zero-order valence-electron chi connectivity index (χ0n) is 11.3. The van der Waals surface area contributed by atoms with Crippen LogP contribution in [0.4, 0.5) is 0 Å². The highest BCUT2D eigenvalue weighted by Crippen LogP contribution is 2.20. The molecule has 108 valence electrons. The van der Waals surface area contributed by atoms with Crippen LogP contribution in [0, 0.1) is 0 Å². The lowest BCUT2D eigenvalue weighted by molar-refractivity contribution is -0.131. The topological polar surface area (TPSA) is 70.5 Å². The number of carboxylic acid groups (broad SMARTS) is 1. The number of carbonyl (C=O) groups is 2. The summed E-state index contributed by atoms with van der Waals surface area (Å²) in [4.78, 5) is 28.9. The molecule has 6 heteroatoms. The van der Waals surface area contributed by atoms with E-state index in [9.17, 15) is 9.59 Å². The molecule has 1 amide bonds. The summed E-state index contributed by atoms with van der Waals surface area (Å²) in [5, 5.41) is 10.9. The number of thiazole rings is 1. The largest absolute Gasteiger partial charge is 0.476 e. The molecule has 21 heavy (non-hydrogen) atoms. The van der Waals surface area contributed by atoms with Crippen LogP contribution in [0.2, 0.25) is 0 Å². The van der Waals surface area contributed by atoms with E-state index in [1.54, 1.807) is 0 Å². The Hall–Kier alpha value is -2.21. The van der Waals surface area contributed by atoms with Crippen LogP contribution in [0.3, 0.4) is 0 Å². The Morgan fingerprint density at radius 2 is 2.05 bits per heavy atom. The number of rotatable bonds is 3. The van der Waals surface area contributed by atoms with Gasteiger partial charge < -0.3 is 10.0 Å². The zero-order valence-corrected chi connectivity index (χ0v) is 12.1. The van der Waals surface area contributed by atoms with Crippen molar-refractivity contribution < 1.29 is 14.7 Å². The van der Waals surface area contributed by atoms with Gasteiger partial charge in [0.25, 0.3) is 0 Å². The first-order valence-electron chi connectivity index (χ1n) is 6.66. The van der Waals surface area contributed by atoms with Crippen LogP contribution in [0.15, 0.2) is 29.6 Å². The number of nitrogens with zero attached hydrogens (tertiary/aromatic N) is 2. The van der Waals surface area contributed by atoms with E-state index in [0.717, 1.165) is 6.42 Å². The third kappa shape index (κ3) is 2.95. The van der Waals surface area contributed by atoms with Crippen molar-refractivity contribution in [2.45, 2.75) is 19.4 Å². The Labute approximate surface area is 125 Å². The summed E-state index contributed by atoms with van der Waals surface area (Å²) < 4.78 is 0. The molecule has 0 aliphatic carbocycles. The fourth-order valence-corrected chi connectivity index (χ4v) is 3.20. The maximum absolute atomic E-state index is 12.3. The summed E-state index contributed by atoms with van der Waals surface area (Å²) in [5.74, 6) is -1.06. The van der Waals surface area contributed by atoms with Crippen molar-refractivity contribution >= 4 is 23.2 Å². The second kappa shape index (κ2) is 5.65. The molecule has 0 spiro atoms. The normalized spacial score (nSPS) is 13.8. The fourth-order valence-electron chi connectivity index (χ4n) is 2.44. The summed E-state index contributed by atoms with van der Waals surface area (Å²) in [7, 11) is 0. The lowest BCUT2D eigenvalue weighted by Crippen LogP contribution is -2.36. The van der Waals surface area contributed by atoms with E-state index in [0.29, 0.717) is 18.1 Å². The summed E-state index contributed by atoms with van der Waals surface area (Å²) in [6, 6.07) is 8.13. The highest BCUT2D eigenvalue weighted by Gasteiger charge is 2.21. The number of carbonyl (C=O) groups excluding carboxylic acids is 1. The summed E-state index contributed by atoms with van der Waals surface area (Å²) >= 11 is 1.22. The Morgan fingerprint density at radius 1 is 1.29 bits per heavy atom. The van der Waals surface area contributed by atoms with Crippen LogP contribution in [0.25, 0.3) is 0 Å². The van der Waals surface area contributed by atoms with E-state index < -0.39 is 5.97 Å². The van der Waals surface area contributed by atoms with Crippen LogP contribution in [-0.2, 0) is 24.2 Å². The smallest absolute Gasteiger partial charge is 0.355 e.